The van der Waals surface area contributed by atoms with Gasteiger partial charge in [-0.3, -0.25) is 0 Å². The van der Waals surface area contributed by atoms with Crippen LogP contribution in [0, 0.1) is 6.92 Å². The van der Waals surface area contributed by atoms with Crippen molar-refractivity contribution >= 4 is 0 Å². The van der Waals surface area contributed by atoms with Crippen molar-refractivity contribution < 1.29 is 0 Å². The zero-order valence-electron chi connectivity index (χ0n) is 7.60. The Morgan fingerprint density at radius 3 is 2.55 bits per heavy atom. The molecule has 0 bridgehead atoms. The van der Waals surface area contributed by atoms with E-state index in [2.05, 4.69) is 19.2 Å². The molecule has 1 heteroatoms. The van der Waals surface area contributed by atoms with Crippen LogP contribution in [-0.2, 0) is 0 Å². The van der Waals surface area contributed by atoms with Crippen LogP contribution in [0.4, 0.5) is 0 Å². The second-order valence-corrected chi connectivity index (χ2v) is 3.54. The minimum atomic E-state index is 0.665. The van der Waals surface area contributed by atoms with Crippen molar-refractivity contribution in [1.29, 1.82) is 0 Å². The first-order valence-corrected chi connectivity index (χ1v) is 4.92. The van der Waals surface area contributed by atoms with Crippen molar-refractivity contribution in [3.05, 3.63) is 6.92 Å². The van der Waals surface area contributed by atoms with Crippen LogP contribution in [0.3, 0.4) is 0 Å². The Kier molecular flexibility index (Phi) is 3.92. The fourth-order valence-corrected chi connectivity index (χ4v) is 1.83. The molecule has 1 saturated carbocycles. The van der Waals surface area contributed by atoms with Crippen LogP contribution < -0.4 is 5.32 Å². The molecule has 0 aromatic rings. The summed E-state index contributed by atoms with van der Waals surface area (Å²) in [7, 11) is 0. The van der Waals surface area contributed by atoms with Gasteiger partial charge in [-0.25, -0.2) is 0 Å². The third kappa shape index (κ3) is 2.82. The molecule has 0 heterocycles. The Balaban J connectivity index is 2.16. The van der Waals surface area contributed by atoms with Crippen LogP contribution in [0.1, 0.15) is 45.4 Å². The van der Waals surface area contributed by atoms with E-state index in [4.69, 9.17) is 0 Å². The third-order valence-electron chi connectivity index (χ3n) is 2.67. The Morgan fingerprint density at radius 2 is 2.09 bits per heavy atom. The molecule has 65 valence electrons. The molecule has 1 aliphatic carbocycles. The van der Waals surface area contributed by atoms with Gasteiger partial charge in [-0.05, 0) is 25.7 Å². The summed E-state index contributed by atoms with van der Waals surface area (Å²) >= 11 is 0. The van der Waals surface area contributed by atoms with Gasteiger partial charge < -0.3 is 5.32 Å². The summed E-state index contributed by atoms with van der Waals surface area (Å²) in [5.41, 5.74) is 0. The fraction of sp³-hybridized carbons (Fsp3) is 0.900. The predicted molar refractivity (Wildman–Crippen MR) is 49.4 cm³/mol. The lowest BCUT2D eigenvalue weighted by atomic mass is 10.1. The molecule has 1 radical (unpaired) electrons. The fourth-order valence-electron chi connectivity index (χ4n) is 1.83. The van der Waals surface area contributed by atoms with Crippen molar-refractivity contribution in [2.45, 2.75) is 57.5 Å². The van der Waals surface area contributed by atoms with Gasteiger partial charge in [0.2, 0.25) is 0 Å². The van der Waals surface area contributed by atoms with Gasteiger partial charge in [-0.15, -0.1) is 0 Å². The van der Waals surface area contributed by atoms with Crippen LogP contribution in [0.2, 0.25) is 0 Å². The van der Waals surface area contributed by atoms with Gasteiger partial charge in [0.25, 0.3) is 0 Å². The molecule has 0 aromatic carbocycles. The molecular formula is C10H20N. The number of hydrogen-bond acceptors (Lipinski definition) is 1. The Hall–Kier alpha value is -0.0400. The summed E-state index contributed by atoms with van der Waals surface area (Å²) in [5.74, 6) is 0. The van der Waals surface area contributed by atoms with Crippen LogP contribution >= 0.6 is 0 Å². The summed E-state index contributed by atoms with van der Waals surface area (Å²) in [5, 5.41) is 3.65. The molecule has 1 fully saturated rings. The molecule has 1 nitrogen and oxygen atoms in total. The first-order chi connectivity index (χ1) is 5.36. The average Bonchev–Trinajstić information content (AvgIpc) is 2.52. The van der Waals surface area contributed by atoms with Crippen molar-refractivity contribution in [1.82, 2.24) is 5.32 Å². The Bertz CT molecular complexity index is 91.0. The van der Waals surface area contributed by atoms with Gasteiger partial charge in [-0.1, -0.05) is 26.7 Å². The highest BCUT2D eigenvalue weighted by molar-refractivity contribution is 4.78. The zero-order valence-corrected chi connectivity index (χ0v) is 7.60. The van der Waals surface area contributed by atoms with Gasteiger partial charge in [0.15, 0.2) is 0 Å². The van der Waals surface area contributed by atoms with Gasteiger partial charge in [0.05, 0.1) is 0 Å². The monoisotopic (exact) mass is 154 g/mol. The van der Waals surface area contributed by atoms with Crippen molar-refractivity contribution in [3.8, 4) is 0 Å². The van der Waals surface area contributed by atoms with Crippen LogP contribution in [0.15, 0.2) is 0 Å². The summed E-state index contributed by atoms with van der Waals surface area (Å²) < 4.78 is 0. The number of rotatable bonds is 4. The smallest absolute Gasteiger partial charge is 0.00696 e. The van der Waals surface area contributed by atoms with E-state index in [1.54, 1.807) is 0 Å². The molecule has 0 spiro atoms. The largest absolute Gasteiger partial charge is 0.311 e. The SMILES string of the molecule is [CH2]CC(CC)NC1CCCC1. The summed E-state index contributed by atoms with van der Waals surface area (Å²) in [6, 6.07) is 1.47. The topological polar surface area (TPSA) is 12.0 Å². The molecule has 11 heavy (non-hydrogen) atoms. The minimum Gasteiger partial charge on any atom is -0.311 e. The van der Waals surface area contributed by atoms with Gasteiger partial charge >= 0.3 is 0 Å². The van der Waals surface area contributed by atoms with Crippen LogP contribution in [0.5, 0.6) is 0 Å². The highest BCUT2D eigenvalue weighted by Gasteiger charge is 2.16. The molecular weight excluding hydrogens is 134 g/mol. The van der Waals surface area contributed by atoms with Gasteiger partial charge in [0, 0.05) is 12.1 Å². The average molecular weight is 154 g/mol. The second-order valence-electron chi connectivity index (χ2n) is 3.54. The highest BCUT2D eigenvalue weighted by Crippen LogP contribution is 2.18. The van der Waals surface area contributed by atoms with E-state index in [9.17, 15) is 0 Å². The van der Waals surface area contributed by atoms with Crippen LogP contribution in [0.25, 0.3) is 0 Å². The van der Waals surface area contributed by atoms with Crippen molar-refractivity contribution in [2.75, 3.05) is 0 Å². The van der Waals surface area contributed by atoms with E-state index < -0.39 is 0 Å². The Labute approximate surface area is 70.6 Å². The predicted octanol–water partition coefficient (Wildman–Crippen LogP) is 2.52. The zero-order chi connectivity index (χ0) is 8.10. The van der Waals surface area contributed by atoms with E-state index in [1.165, 1.54) is 32.1 Å². The first-order valence-electron chi connectivity index (χ1n) is 4.92. The molecule has 0 aliphatic heterocycles. The Morgan fingerprint density at radius 1 is 1.45 bits per heavy atom. The van der Waals surface area contributed by atoms with E-state index in [1.807, 2.05) is 0 Å². The second kappa shape index (κ2) is 4.76. The van der Waals surface area contributed by atoms with Crippen molar-refractivity contribution in [2.24, 2.45) is 0 Å². The lowest BCUT2D eigenvalue weighted by molar-refractivity contribution is 0.421. The molecule has 0 saturated heterocycles. The van der Waals surface area contributed by atoms with E-state index in [0.717, 1.165) is 12.5 Å². The van der Waals surface area contributed by atoms with E-state index >= 15 is 0 Å². The maximum Gasteiger partial charge on any atom is 0.00696 e. The van der Waals surface area contributed by atoms with Crippen LogP contribution in [-0.4, -0.2) is 12.1 Å². The molecule has 1 atom stereocenters. The lowest BCUT2D eigenvalue weighted by Gasteiger charge is -2.19. The third-order valence-corrected chi connectivity index (χ3v) is 2.67. The summed E-state index contributed by atoms with van der Waals surface area (Å²) in [4.78, 5) is 0. The van der Waals surface area contributed by atoms with Gasteiger partial charge in [-0.2, -0.15) is 0 Å². The molecule has 0 amide bonds. The molecule has 1 N–H and O–H groups in total. The molecule has 0 aromatic heterocycles. The summed E-state index contributed by atoms with van der Waals surface area (Å²) in [6.45, 7) is 6.17. The maximum atomic E-state index is 3.94. The maximum absolute atomic E-state index is 3.94. The molecule has 1 rings (SSSR count). The number of hydrogen-bond donors (Lipinski definition) is 1. The standard InChI is InChI=1S/C10H20N/c1-3-9(4-2)11-10-7-5-6-8-10/h9-11H,1,3-8H2,2H3. The van der Waals surface area contributed by atoms with E-state index in [0.29, 0.717) is 6.04 Å². The van der Waals surface area contributed by atoms with Crippen molar-refractivity contribution in [3.63, 3.8) is 0 Å². The van der Waals surface area contributed by atoms with Gasteiger partial charge in [0.1, 0.15) is 0 Å². The normalized spacial score (nSPS) is 19.9. The quantitative estimate of drug-likeness (QED) is 0.656. The summed E-state index contributed by atoms with van der Waals surface area (Å²) in [6.07, 6.45) is 7.87. The highest BCUT2D eigenvalue weighted by atomic mass is 14.9. The lowest BCUT2D eigenvalue weighted by Crippen LogP contribution is -2.35. The molecule has 1 unspecified atom stereocenters. The molecule has 1 aliphatic rings. The number of nitrogens with one attached hydrogen (secondary N) is 1. The first kappa shape index (κ1) is 9.05. The minimum absolute atomic E-state index is 0.665. The van der Waals surface area contributed by atoms with E-state index in [-0.39, 0.29) is 0 Å².